The van der Waals surface area contributed by atoms with Crippen LogP contribution in [0.2, 0.25) is 0 Å². The number of aromatic nitrogens is 3. The van der Waals surface area contributed by atoms with Gasteiger partial charge in [0.05, 0.1) is 0 Å². The summed E-state index contributed by atoms with van der Waals surface area (Å²) in [6.45, 7) is 25.7. The fourth-order valence-corrected chi connectivity index (χ4v) is 3.46. The Hall–Kier alpha value is -3.40. The van der Waals surface area contributed by atoms with Crippen molar-refractivity contribution in [3.8, 4) is 17.0 Å². The molecule has 3 rings (SSSR count). The molecular weight excluding hydrogens is 626 g/mol. The van der Waals surface area contributed by atoms with Crippen LogP contribution < -0.4 is 4.74 Å². The standard InChI is InChI=1S/C19H19N3O2.5CO.W/c1-3-24-14-18-19(16-7-5-4-6-8-16)22(21-20-18)13-15-9-11-17(23-2)12-10-15;5*1-2;/h4-12H,3,13H2,1-2H3;;;;;;. The first-order chi connectivity index (χ1) is 17.2. The predicted molar refractivity (Wildman–Crippen MR) is 113 cm³/mol. The van der Waals surface area contributed by atoms with Crippen molar-refractivity contribution >= 4 is 4.08 Å². The minimum atomic E-state index is 0.623. The van der Waals surface area contributed by atoms with E-state index < -0.39 is 0 Å². The maximum absolute atomic E-state index is 7.50. The summed E-state index contributed by atoms with van der Waals surface area (Å²) in [5.41, 5.74) is 4.01. The molecular formula is C24H19N3O7W. The Morgan fingerprint density at radius 3 is 1.83 bits per heavy atom. The Morgan fingerprint density at radius 1 is 0.857 bits per heavy atom. The summed E-state index contributed by atoms with van der Waals surface area (Å²) in [5.74, 6) is 0.843. The molecule has 0 fully saturated rings. The number of hydrogen-bond donors (Lipinski definition) is 0. The van der Waals surface area contributed by atoms with Crippen molar-refractivity contribution in [1.29, 1.82) is 0 Å². The molecule has 1 aromatic heterocycles. The molecule has 2 aromatic carbocycles. The van der Waals surface area contributed by atoms with E-state index in [0.717, 1.165) is 32.3 Å². The molecule has 0 spiro atoms. The van der Waals surface area contributed by atoms with Crippen LogP contribution in [0.5, 0.6) is 5.75 Å². The van der Waals surface area contributed by atoms with Gasteiger partial charge in [-0.2, -0.15) is 0 Å². The quantitative estimate of drug-likeness (QED) is 0.287. The number of hydrogen-bond acceptors (Lipinski definition) is 4. The molecule has 0 saturated heterocycles. The molecule has 178 valence electrons. The Bertz CT molecular complexity index is 1040. The van der Waals surface area contributed by atoms with Gasteiger partial charge in [0.25, 0.3) is 0 Å². The van der Waals surface area contributed by atoms with Crippen LogP contribution in [0.1, 0.15) is 18.2 Å². The maximum atomic E-state index is 7.50. The predicted octanol–water partition coefficient (Wildman–Crippen LogP) is 2.88. The fourth-order valence-electron chi connectivity index (χ4n) is 2.55. The van der Waals surface area contributed by atoms with Crippen molar-refractivity contribution in [3.05, 3.63) is 99.1 Å². The second-order valence-corrected chi connectivity index (χ2v) is 6.71. The van der Waals surface area contributed by atoms with E-state index in [-0.39, 0.29) is 0 Å². The molecule has 0 atom stereocenters. The van der Waals surface area contributed by atoms with Crippen LogP contribution in [0.4, 0.5) is 0 Å². The van der Waals surface area contributed by atoms with E-state index in [2.05, 4.69) is 55.7 Å². The molecule has 0 amide bonds. The van der Waals surface area contributed by atoms with Gasteiger partial charge in [-0.25, -0.2) is 0 Å². The Balaban J connectivity index is -0.000000912. The summed E-state index contributed by atoms with van der Waals surface area (Å²) in [4.78, 5) is 0. The first kappa shape index (κ1) is 36.2. The van der Waals surface area contributed by atoms with Gasteiger partial charge in [-0.15, -0.1) is 0 Å². The Kier molecular flexibility index (Phi) is 26.1. The van der Waals surface area contributed by atoms with E-state index in [1.165, 1.54) is 19.4 Å². The van der Waals surface area contributed by atoms with Crippen LogP contribution in [-0.2, 0) is 53.9 Å². The third-order valence-corrected chi connectivity index (χ3v) is 4.86. The van der Waals surface area contributed by atoms with Crippen LogP contribution in [0, 0.1) is 33.3 Å². The number of nitrogens with zero attached hydrogens (tertiary/aromatic N) is 3. The monoisotopic (exact) mass is 645 g/mol. The van der Waals surface area contributed by atoms with Gasteiger partial charge in [0.15, 0.2) is 0 Å². The zero-order valence-corrected chi connectivity index (χ0v) is 21.7. The van der Waals surface area contributed by atoms with Gasteiger partial charge < -0.3 is 0 Å². The normalized spacial score (nSPS) is 7.89. The molecule has 0 saturated carbocycles. The van der Waals surface area contributed by atoms with Gasteiger partial charge in [-0.3, -0.25) is 0 Å². The van der Waals surface area contributed by atoms with Gasteiger partial charge in [0, 0.05) is 0 Å². The summed E-state index contributed by atoms with van der Waals surface area (Å²) in [7, 11) is 1.67. The average molecular weight is 645 g/mol. The minimum absolute atomic E-state index is 0.623. The summed E-state index contributed by atoms with van der Waals surface area (Å²) < 4.78 is 51.2. The first-order valence-corrected chi connectivity index (χ1v) is 10.5. The van der Waals surface area contributed by atoms with E-state index in [9.17, 15) is 0 Å². The van der Waals surface area contributed by atoms with Gasteiger partial charge in [-0.1, -0.05) is 0 Å². The van der Waals surface area contributed by atoms with Crippen LogP contribution in [0.3, 0.4) is 0 Å². The molecule has 0 N–H and O–H groups in total. The van der Waals surface area contributed by atoms with Crippen molar-refractivity contribution < 1.29 is 52.1 Å². The van der Waals surface area contributed by atoms with Crippen molar-refractivity contribution in [2.24, 2.45) is 0 Å². The summed E-state index contributed by atoms with van der Waals surface area (Å²) in [6.07, 6.45) is 0. The van der Waals surface area contributed by atoms with Crippen molar-refractivity contribution in [3.63, 3.8) is 0 Å². The van der Waals surface area contributed by atoms with E-state index in [1.807, 2.05) is 54.1 Å². The number of rotatable bonds is 7. The first-order valence-electron chi connectivity index (χ1n) is 9.04. The molecule has 11 heteroatoms. The molecule has 1 heterocycles. The molecule has 3 aromatic rings. The molecule has 0 aliphatic rings. The molecule has 0 aliphatic carbocycles. The fraction of sp³-hybridized carbons (Fsp3) is 0.167. The van der Waals surface area contributed by atoms with Crippen molar-refractivity contribution in [2.45, 2.75) is 13.5 Å². The number of methoxy groups -OCH3 is 1. The van der Waals surface area contributed by atoms with Crippen LogP contribution >= 0.6 is 0 Å². The number of ether oxygens (including phenoxy) is 2. The second kappa shape index (κ2) is 25.2. The number of benzene rings is 2. The van der Waals surface area contributed by atoms with E-state index >= 15 is 0 Å². The zero-order valence-electron chi connectivity index (χ0n) is 18.7. The molecule has 35 heavy (non-hydrogen) atoms. The Labute approximate surface area is 214 Å². The van der Waals surface area contributed by atoms with Crippen LogP contribution in [-0.4, -0.2) is 32.8 Å². The Morgan fingerprint density at radius 2 is 1.37 bits per heavy atom. The summed E-state index contributed by atoms with van der Waals surface area (Å²) in [5, 5.41) is 8.77. The zero-order chi connectivity index (χ0) is 27.6. The summed E-state index contributed by atoms with van der Waals surface area (Å²) in [6, 6.07) is 18.2. The van der Waals surface area contributed by atoms with Gasteiger partial charge in [-0.05, 0) is 0 Å². The SMILES string of the molecule is CCO[C](=[W])c1nnn(Cc2ccc(OC)cc2)c1-c1ccccc1.[C-]#[O+].[C-]#[O+].[C-]#[O+].[C-]#[O+].[C-]#[O+]. The topological polar surface area (TPSA) is 149 Å². The second-order valence-electron chi connectivity index (χ2n) is 5.38. The molecule has 0 unspecified atom stereocenters. The molecule has 10 nitrogen and oxygen atoms in total. The van der Waals surface area contributed by atoms with Crippen LogP contribution in [0.15, 0.2) is 54.6 Å². The average Bonchev–Trinajstić information content (AvgIpc) is 3.39. The van der Waals surface area contributed by atoms with Crippen molar-refractivity contribution in [2.75, 3.05) is 13.7 Å². The third kappa shape index (κ3) is 12.6. The molecule has 0 radical (unpaired) electrons. The van der Waals surface area contributed by atoms with Crippen LogP contribution in [0.25, 0.3) is 11.3 Å². The van der Waals surface area contributed by atoms with E-state index in [1.54, 1.807) is 7.11 Å². The summed E-state index contributed by atoms with van der Waals surface area (Å²) >= 11 is 1.24. The third-order valence-electron chi connectivity index (χ3n) is 3.74. The van der Waals surface area contributed by atoms with Gasteiger partial charge in [0.1, 0.15) is 0 Å². The van der Waals surface area contributed by atoms with Crippen molar-refractivity contribution in [1.82, 2.24) is 15.0 Å². The molecule has 0 aliphatic heterocycles. The molecule has 0 bridgehead atoms. The van der Waals surface area contributed by atoms with Gasteiger partial charge >= 0.3 is 214 Å². The van der Waals surface area contributed by atoms with Gasteiger partial charge in [0.2, 0.25) is 0 Å². The van der Waals surface area contributed by atoms with E-state index in [4.69, 9.17) is 32.7 Å². The van der Waals surface area contributed by atoms with E-state index in [0.29, 0.717) is 13.2 Å².